The third-order valence-electron chi connectivity index (χ3n) is 3.03. The van der Waals surface area contributed by atoms with E-state index in [2.05, 4.69) is 4.98 Å². The molecule has 2 heterocycles. The van der Waals surface area contributed by atoms with E-state index in [1.807, 2.05) is 30.3 Å². The van der Waals surface area contributed by atoms with Crippen molar-refractivity contribution in [3.63, 3.8) is 0 Å². The summed E-state index contributed by atoms with van der Waals surface area (Å²) in [4.78, 5) is 26.8. The molecule has 3 aromatic rings. The van der Waals surface area contributed by atoms with Gasteiger partial charge in [-0.15, -0.1) is 0 Å². The SMILES string of the molecule is O=c1[nH]cc(-c2ccco2)c(=O)n1Cc1ccccc1. The fourth-order valence-electron chi connectivity index (χ4n) is 2.03. The molecule has 0 aliphatic carbocycles. The van der Waals surface area contributed by atoms with Crippen molar-refractivity contribution in [3.8, 4) is 11.3 Å². The third-order valence-corrected chi connectivity index (χ3v) is 3.03. The van der Waals surface area contributed by atoms with E-state index >= 15 is 0 Å². The Bertz CT molecular complexity index is 814. The van der Waals surface area contributed by atoms with Gasteiger partial charge in [-0.2, -0.15) is 0 Å². The maximum absolute atomic E-state index is 12.4. The second-order valence-corrected chi connectivity index (χ2v) is 4.36. The van der Waals surface area contributed by atoms with Crippen molar-refractivity contribution in [2.24, 2.45) is 0 Å². The second-order valence-electron chi connectivity index (χ2n) is 4.36. The lowest BCUT2D eigenvalue weighted by molar-refractivity contribution is 0.578. The topological polar surface area (TPSA) is 68.0 Å². The molecule has 0 saturated heterocycles. The minimum Gasteiger partial charge on any atom is -0.464 e. The number of hydrogen-bond acceptors (Lipinski definition) is 3. The molecule has 1 aromatic carbocycles. The number of H-pyrrole nitrogens is 1. The van der Waals surface area contributed by atoms with Crippen LogP contribution < -0.4 is 11.2 Å². The van der Waals surface area contributed by atoms with Gasteiger partial charge >= 0.3 is 5.69 Å². The fourth-order valence-corrected chi connectivity index (χ4v) is 2.03. The Labute approximate surface area is 114 Å². The average Bonchev–Trinajstić information content (AvgIpc) is 2.98. The van der Waals surface area contributed by atoms with Crippen molar-refractivity contribution >= 4 is 0 Å². The summed E-state index contributed by atoms with van der Waals surface area (Å²) in [5.74, 6) is 0.438. The summed E-state index contributed by atoms with van der Waals surface area (Å²) in [5, 5.41) is 0. The summed E-state index contributed by atoms with van der Waals surface area (Å²) >= 11 is 0. The number of nitrogens with one attached hydrogen (secondary N) is 1. The molecule has 5 heteroatoms. The van der Waals surface area contributed by atoms with Crippen LogP contribution in [0.15, 0.2) is 68.9 Å². The van der Waals surface area contributed by atoms with Crippen molar-refractivity contribution in [2.45, 2.75) is 6.54 Å². The highest BCUT2D eigenvalue weighted by Gasteiger charge is 2.11. The predicted octanol–water partition coefficient (Wildman–Crippen LogP) is 1.84. The molecule has 0 aliphatic heterocycles. The maximum Gasteiger partial charge on any atom is 0.328 e. The molecule has 20 heavy (non-hydrogen) atoms. The lowest BCUT2D eigenvalue weighted by atomic mass is 10.2. The minimum atomic E-state index is -0.436. The summed E-state index contributed by atoms with van der Waals surface area (Å²) in [5.41, 5.74) is 0.420. The third kappa shape index (κ3) is 2.21. The van der Waals surface area contributed by atoms with Gasteiger partial charge < -0.3 is 9.40 Å². The van der Waals surface area contributed by atoms with Crippen LogP contribution in [0.3, 0.4) is 0 Å². The van der Waals surface area contributed by atoms with Gasteiger partial charge in [0.1, 0.15) is 5.76 Å². The number of nitrogens with zero attached hydrogens (tertiary/aromatic N) is 1. The van der Waals surface area contributed by atoms with Crippen molar-refractivity contribution in [1.29, 1.82) is 0 Å². The molecule has 0 atom stereocenters. The number of rotatable bonds is 3. The summed E-state index contributed by atoms with van der Waals surface area (Å²) in [6.07, 6.45) is 2.87. The largest absolute Gasteiger partial charge is 0.464 e. The molecule has 1 N–H and O–H groups in total. The Morgan fingerprint density at radius 1 is 1.05 bits per heavy atom. The lowest BCUT2D eigenvalue weighted by Crippen LogP contribution is -2.35. The highest BCUT2D eigenvalue weighted by molar-refractivity contribution is 5.54. The number of aromatic nitrogens is 2. The molecular formula is C15H12N2O3. The van der Waals surface area contributed by atoms with Crippen LogP contribution in [0.5, 0.6) is 0 Å². The van der Waals surface area contributed by atoms with E-state index in [4.69, 9.17) is 4.42 Å². The van der Waals surface area contributed by atoms with Crippen molar-refractivity contribution in [3.05, 3.63) is 81.3 Å². The molecule has 2 aromatic heterocycles. The molecule has 100 valence electrons. The summed E-state index contributed by atoms with van der Waals surface area (Å²) in [6.45, 7) is 0.226. The maximum atomic E-state index is 12.4. The molecule has 5 nitrogen and oxygen atoms in total. The van der Waals surface area contributed by atoms with Gasteiger partial charge in [0.25, 0.3) is 5.56 Å². The van der Waals surface area contributed by atoms with Gasteiger partial charge in [-0.1, -0.05) is 30.3 Å². The van der Waals surface area contributed by atoms with E-state index in [1.165, 1.54) is 12.5 Å². The zero-order valence-electron chi connectivity index (χ0n) is 10.6. The molecule has 0 aliphatic rings. The smallest absolute Gasteiger partial charge is 0.328 e. The Morgan fingerprint density at radius 2 is 1.85 bits per heavy atom. The summed E-state index contributed by atoms with van der Waals surface area (Å²) < 4.78 is 6.37. The van der Waals surface area contributed by atoms with E-state index < -0.39 is 5.69 Å². The monoisotopic (exact) mass is 268 g/mol. The highest BCUT2D eigenvalue weighted by Crippen LogP contribution is 2.13. The summed E-state index contributed by atoms with van der Waals surface area (Å²) in [7, 11) is 0. The lowest BCUT2D eigenvalue weighted by Gasteiger charge is -2.06. The quantitative estimate of drug-likeness (QED) is 0.788. The Kier molecular flexibility index (Phi) is 3.09. The van der Waals surface area contributed by atoms with E-state index in [0.29, 0.717) is 11.3 Å². The fraction of sp³-hybridized carbons (Fsp3) is 0.0667. The van der Waals surface area contributed by atoms with Crippen LogP contribution in [0, 0.1) is 0 Å². The van der Waals surface area contributed by atoms with E-state index in [9.17, 15) is 9.59 Å². The van der Waals surface area contributed by atoms with E-state index in [0.717, 1.165) is 10.1 Å². The molecule has 0 saturated carbocycles. The molecule has 0 fully saturated rings. The molecule has 0 radical (unpaired) electrons. The molecule has 3 rings (SSSR count). The normalized spacial score (nSPS) is 10.6. The van der Waals surface area contributed by atoms with Crippen LogP contribution in [0.4, 0.5) is 0 Å². The molecular weight excluding hydrogens is 256 g/mol. The van der Waals surface area contributed by atoms with Crippen LogP contribution in [0.2, 0.25) is 0 Å². The first-order valence-corrected chi connectivity index (χ1v) is 6.16. The highest BCUT2D eigenvalue weighted by atomic mass is 16.3. The van der Waals surface area contributed by atoms with Gasteiger partial charge in [-0.05, 0) is 17.7 Å². The molecule has 0 spiro atoms. The Hall–Kier alpha value is -2.82. The van der Waals surface area contributed by atoms with Gasteiger partial charge in [0, 0.05) is 6.20 Å². The van der Waals surface area contributed by atoms with Gasteiger partial charge in [0.15, 0.2) is 0 Å². The van der Waals surface area contributed by atoms with E-state index in [1.54, 1.807) is 12.1 Å². The van der Waals surface area contributed by atoms with Gasteiger partial charge in [-0.25, -0.2) is 4.79 Å². The molecule has 0 bridgehead atoms. The van der Waals surface area contributed by atoms with Crippen LogP contribution in [0.25, 0.3) is 11.3 Å². The minimum absolute atomic E-state index is 0.226. The first kappa shape index (κ1) is 12.2. The van der Waals surface area contributed by atoms with Crippen LogP contribution in [-0.2, 0) is 6.54 Å². The van der Waals surface area contributed by atoms with Crippen LogP contribution in [0.1, 0.15) is 5.56 Å². The number of furan rings is 1. The first-order chi connectivity index (χ1) is 9.75. The van der Waals surface area contributed by atoms with Crippen molar-refractivity contribution < 1.29 is 4.42 Å². The predicted molar refractivity (Wildman–Crippen MR) is 74.6 cm³/mol. The Morgan fingerprint density at radius 3 is 2.55 bits per heavy atom. The average molecular weight is 268 g/mol. The van der Waals surface area contributed by atoms with Gasteiger partial charge in [0.05, 0.1) is 18.4 Å². The second kappa shape index (κ2) is 5.05. The number of benzene rings is 1. The van der Waals surface area contributed by atoms with Crippen molar-refractivity contribution in [2.75, 3.05) is 0 Å². The summed E-state index contributed by atoms with van der Waals surface area (Å²) in [6, 6.07) is 12.7. The first-order valence-electron chi connectivity index (χ1n) is 6.16. The van der Waals surface area contributed by atoms with Gasteiger partial charge in [-0.3, -0.25) is 9.36 Å². The van der Waals surface area contributed by atoms with Crippen molar-refractivity contribution in [1.82, 2.24) is 9.55 Å². The standard InChI is InChI=1S/C15H12N2O3/c18-14-12(13-7-4-8-20-13)9-16-15(19)17(14)10-11-5-2-1-3-6-11/h1-9H,10H2,(H,16,19). The van der Waals surface area contributed by atoms with E-state index in [-0.39, 0.29) is 12.1 Å². The van der Waals surface area contributed by atoms with Crippen LogP contribution >= 0.6 is 0 Å². The molecule has 0 amide bonds. The zero-order chi connectivity index (χ0) is 13.9. The Balaban J connectivity index is 2.10. The van der Waals surface area contributed by atoms with Gasteiger partial charge in [0.2, 0.25) is 0 Å². The zero-order valence-corrected chi connectivity index (χ0v) is 10.6. The molecule has 0 unspecified atom stereocenters. The number of hydrogen-bond donors (Lipinski definition) is 1. The number of aromatic amines is 1. The van der Waals surface area contributed by atoms with Crippen LogP contribution in [-0.4, -0.2) is 9.55 Å².